The summed E-state index contributed by atoms with van der Waals surface area (Å²) in [5.74, 6) is 0.711. The highest BCUT2D eigenvalue weighted by molar-refractivity contribution is 5.94. The fourth-order valence-corrected chi connectivity index (χ4v) is 1.88. The number of ether oxygens (including phenoxy) is 1. The third kappa shape index (κ3) is 5.39. The van der Waals surface area contributed by atoms with Crippen molar-refractivity contribution in [3.05, 3.63) is 29.8 Å². The highest BCUT2D eigenvalue weighted by atomic mass is 35.5. The first-order valence-electron chi connectivity index (χ1n) is 6.58. The normalized spacial score (nSPS) is 10.7. The Morgan fingerprint density at radius 2 is 2.05 bits per heavy atom. The van der Waals surface area contributed by atoms with Crippen molar-refractivity contribution >= 4 is 18.3 Å². The smallest absolute Gasteiger partial charge is 0.253 e. The van der Waals surface area contributed by atoms with E-state index in [0.29, 0.717) is 25.3 Å². The lowest BCUT2D eigenvalue weighted by Crippen LogP contribution is -2.39. The summed E-state index contributed by atoms with van der Waals surface area (Å²) >= 11 is 0. The summed E-state index contributed by atoms with van der Waals surface area (Å²) in [6.07, 6.45) is 0. The molecule has 0 unspecified atom stereocenters. The Bertz CT molecular complexity index is 436. The molecule has 0 atom stereocenters. The van der Waals surface area contributed by atoms with Gasteiger partial charge in [0.2, 0.25) is 0 Å². The van der Waals surface area contributed by atoms with Crippen LogP contribution in [0.15, 0.2) is 24.3 Å². The van der Waals surface area contributed by atoms with Gasteiger partial charge in [-0.3, -0.25) is 4.79 Å². The van der Waals surface area contributed by atoms with Crippen LogP contribution >= 0.6 is 12.4 Å². The molecule has 0 aliphatic carbocycles. The number of benzene rings is 1. The van der Waals surface area contributed by atoms with E-state index in [1.807, 2.05) is 32.9 Å². The van der Waals surface area contributed by atoms with E-state index in [0.717, 1.165) is 5.75 Å². The number of hydrogen-bond acceptors (Lipinski definition) is 3. The van der Waals surface area contributed by atoms with E-state index in [9.17, 15) is 4.79 Å². The lowest BCUT2D eigenvalue weighted by molar-refractivity contribution is 0.0740. The average Bonchev–Trinajstić information content (AvgIpc) is 2.38. The minimum atomic E-state index is -0.0814. The Morgan fingerprint density at radius 1 is 1.40 bits per heavy atom. The molecule has 1 rings (SSSR count). The van der Waals surface area contributed by atoms with Gasteiger partial charge in [-0.1, -0.05) is 19.9 Å². The van der Waals surface area contributed by atoms with Crippen LogP contribution in [0.2, 0.25) is 0 Å². The molecule has 1 amide bonds. The number of nitrogens with two attached hydrogens (primary N) is 1. The second kappa shape index (κ2) is 8.12. The predicted octanol–water partition coefficient (Wildman–Crippen LogP) is 2.56. The summed E-state index contributed by atoms with van der Waals surface area (Å²) in [7, 11) is 1.80. The molecule has 0 saturated heterocycles. The molecular formula is C15H25ClN2O2. The molecular weight excluding hydrogens is 276 g/mol. The zero-order chi connectivity index (χ0) is 14.5. The van der Waals surface area contributed by atoms with Gasteiger partial charge in [0, 0.05) is 19.2 Å². The molecule has 20 heavy (non-hydrogen) atoms. The molecule has 4 nitrogen and oxygen atoms in total. The SMILES string of the molecule is CCOc1cccc(C(=O)N(C)CC(C)(C)CN)c1.Cl. The van der Waals surface area contributed by atoms with Gasteiger partial charge >= 0.3 is 0 Å². The molecule has 0 fully saturated rings. The molecule has 0 aliphatic heterocycles. The summed E-state index contributed by atoms with van der Waals surface area (Å²) in [5, 5.41) is 0. The minimum absolute atomic E-state index is 0. The molecule has 114 valence electrons. The Balaban J connectivity index is 0.00000361. The predicted molar refractivity (Wildman–Crippen MR) is 84.7 cm³/mol. The van der Waals surface area contributed by atoms with Gasteiger partial charge < -0.3 is 15.4 Å². The van der Waals surface area contributed by atoms with Crippen LogP contribution in [0.25, 0.3) is 0 Å². The van der Waals surface area contributed by atoms with Gasteiger partial charge in [-0.05, 0) is 37.1 Å². The number of nitrogens with zero attached hydrogens (tertiary/aromatic N) is 1. The largest absolute Gasteiger partial charge is 0.494 e. The third-order valence-electron chi connectivity index (χ3n) is 2.96. The molecule has 2 N–H and O–H groups in total. The lowest BCUT2D eigenvalue weighted by Gasteiger charge is -2.29. The number of amides is 1. The van der Waals surface area contributed by atoms with Gasteiger partial charge in [0.05, 0.1) is 6.61 Å². The molecule has 1 aromatic carbocycles. The quantitative estimate of drug-likeness (QED) is 0.878. The van der Waals surface area contributed by atoms with Crippen molar-refractivity contribution in [3.63, 3.8) is 0 Å². The Hall–Kier alpha value is -1.26. The first-order chi connectivity index (χ1) is 8.89. The van der Waals surface area contributed by atoms with Gasteiger partial charge in [-0.25, -0.2) is 0 Å². The molecule has 0 heterocycles. The van der Waals surface area contributed by atoms with Crippen molar-refractivity contribution in [3.8, 4) is 5.75 Å². The van der Waals surface area contributed by atoms with E-state index in [1.165, 1.54) is 0 Å². The maximum Gasteiger partial charge on any atom is 0.253 e. The standard InChI is InChI=1S/C15H24N2O2.ClH/c1-5-19-13-8-6-7-12(9-13)14(18)17(4)11-15(2,3)10-16;/h6-9H,5,10-11,16H2,1-4H3;1H. The van der Waals surface area contributed by atoms with Crippen LogP contribution in [0.5, 0.6) is 5.75 Å². The zero-order valence-corrected chi connectivity index (χ0v) is 13.5. The molecule has 1 aromatic rings. The molecule has 0 radical (unpaired) electrons. The second-order valence-corrected chi connectivity index (χ2v) is 5.49. The van der Waals surface area contributed by atoms with Crippen LogP contribution in [0.1, 0.15) is 31.1 Å². The van der Waals surface area contributed by atoms with E-state index >= 15 is 0 Å². The zero-order valence-electron chi connectivity index (χ0n) is 12.7. The molecule has 0 aromatic heterocycles. The molecule has 0 spiro atoms. The van der Waals surface area contributed by atoms with Crippen molar-refractivity contribution < 1.29 is 9.53 Å². The number of rotatable bonds is 6. The van der Waals surface area contributed by atoms with Crippen molar-refractivity contribution in [2.75, 3.05) is 26.7 Å². The highest BCUT2D eigenvalue weighted by Crippen LogP contribution is 2.18. The number of hydrogen-bond donors (Lipinski definition) is 1. The first-order valence-corrected chi connectivity index (χ1v) is 6.58. The number of halogens is 1. The maximum absolute atomic E-state index is 12.3. The van der Waals surface area contributed by atoms with Crippen molar-refractivity contribution in [1.82, 2.24) is 4.90 Å². The van der Waals surface area contributed by atoms with E-state index in [2.05, 4.69) is 0 Å². The van der Waals surface area contributed by atoms with E-state index in [1.54, 1.807) is 24.1 Å². The van der Waals surface area contributed by atoms with E-state index in [4.69, 9.17) is 10.5 Å². The highest BCUT2D eigenvalue weighted by Gasteiger charge is 2.22. The summed E-state index contributed by atoms with van der Waals surface area (Å²) in [4.78, 5) is 14.0. The summed E-state index contributed by atoms with van der Waals surface area (Å²) < 4.78 is 5.41. The monoisotopic (exact) mass is 300 g/mol. The molecule has 0 aliphatic rings. The Kier molecular flexibility index (Phi) is 7.61. The second-order valence-electron chi connectivity index (χ2n) is 5.49. The van der Waals surface area contributed by atoms with Crippen molar-refractivity contribution in [2.24, 2.45) is 11.1 Å². The number of carbonyl (C=O) groups is 1. The minimum Gasteiger partial charge on any atom is -0.494 e. The van der Waals surface area contributed by atoms with Gasteiger partial charge in [0.1, 0.15) is 5.75 Å². The number of carbonyl (C=O) groups excluding carboxylic acids is 1. The topological polar surface area (TPSA) is 55.6 Å². The van der Waals surface area contributed by atoms with Crippen LogP contribution in [-0.2, 0) is 0 Å². The van der Waals surface area contributed by atoms with Crippen LogP contribution in [0.3, 0.4) is 0 Å². The molecule has 0 saturated carbocycles. The molecule has 5 heteroatoms. The van der Waals surface area contributed by atoms with Gasteiger partial charge in [-0.2, -0.15) is 0 Å². The van der Waals surface area contributed by atoms with Crippen molar-refractivity contribution in [1.29, 1.82) is 0 Å². The summed E-state index contributed by atoms with van der Waals surface area (Å²) in [5.41, 5.74) is 6.26. The molecule has 0 bridgehead atoms. The average molecular weight is 301 g/mol. The lowest BCUT2D eigenvalue weighted by atomic mass is 9.93. The van der Waals surface area contributed by atoms with Gasteiger partial charge in [0.25, 0.3) is 5.91 Å². The van der Waals surface area contributed by atoms with Crippen LogP contribution in [0.4, 0.5) is 0 Å². The summed E-state index contributed by atoms with van der Waals surface area (Å²) in [6.45, 7) is 7.78. The van der Waals surface area contributed by atoms with Crippen LogP contribution < -0.4 is 10.5 Å². The first kappa shape index (κ1) is 18.7. The van der Waals surface area contributed by atoms with Crippen LogP contribution in [0, 0.1) is 5.41 Å². The van der Waals surface area contributed by atoms with Gasteiger partial charge in [0.15, 0.2) is 0 Å². The fraction of sp³-hybridized carbons (Fsp3) is 0.533. The Morgan fingerprint density at radius 3 is 2.60 bits per heavy atom. The maximum atomic E-state index is 12.3. The van der Waals surface area contributed by atoms with E-state index in [-0.39, 0.29) is 23.7 Å². The summed E-state index contributed by atoms with van der Waals surface area (Å²) in [6, 6.07) is 7.26. The Labute approximate surface area is 127 Å². The van der Waals surface area contributed by atoms with Gasteiger partial charge in [-0.15, -0.1) is 12.4 Å². The van der Waals surface area contributed by atoms with Crippen LogP contribution in [-0.4, -0.2) is 37.6 Å². The fourth-order valence-electron chi connectivity index (χ4n) is 1.88. The third-order valence-corrected chi connectivity index (χ3v) is 2.96. The van der Waals surface area contributed by atoms with Crippen molar-refractivity contribution in [2.45, 2.75) is 20.8 Å². The van der Waals surface area contributed by atoms with E-state index < -0.39 is 0 Å².